The summed E-state index contributed by atoms with van der Waals surface area (Å²) in [6, 6.07) is 0. The molecule has 0 aliphatic rings. The average molecular weight is 195 g/mol. The molecule has 80 valence electrons. The fourth-order valence-corrected chi connectivity index (χ4v) is 1.64. The van der Waals surface area contributed by atoms with E-state index in [4.69, 9.17) is 5.73 Å². The summed E-state index contributed by atoms with van der Waals surface area (Å²) < 4.78 is 2.00. The molecule has 0 aliphatic heterocycles. The second kappa shape index (κ2) is 4.03. The smallest absolute Gasteiger partial charge is 0.126 e. The van der Waals surface area contributed by atoms with Gasteiger partial charge in [0.25, 0.3) is 0 Å². The first-order chi connectivity index (χ1) is 6.43. The normalized spacial score (nSPS) is 11.6. The molecular formula is C11H21N3. The highest BCUT2D eigenvalue weighted by Crippen LogP contribution is 2.21. The summed E-state index contributed by atoms with van der Waals surface area (Å²) in [6.45, 7) is 8.65. The number of hydrogen-bond acceptors (Lipinski definition) is 2. The van der Waals surface area contributed by atoms with Crippen molar-refractivity contribution in [2.24, 2.45) is 13.0 Å². The maximum atomic E-state index is 5.99. The third-order valence-corrected chi connectivity index (χ3v) is 2.37. The Morgan fingerprint density at radius 3 is 2.21 bits per heavy atom. The molecule has 0 saturated heterocycles. The highest BCUT2D eigenvalue weighted by atomic mass is 15.1. The molecule has 3 nitrogen and oxygen atoms in total. The predicted octanol–water partition coefficient (Wildman–Crippen LogP) is 2.32. The molecule has 0 amide bonds. The third-order valence-electron chi connectivity index (χ3n) is 2.37. The minimum Gasteiger partial charge on any atom is -0.384 e. The summed E-state index contributed by atoms with van der Waals surface area (Å²) in [4.78, 5) is 4.59. The van der Waals surface area contributed by atoms with Gasteiger partial charge in [-0.3, -0.25) is 0 Å². The molecule has 0 atom stereocenters. The van der Waals surface area contributed by atoms with Crippen molar-refractivity contribution in [2.45, 2.75) is 40.0 Å². The first kappa shape index (κ1) is 11.1. The van der Waals surface area contributed by atoms with Crippen molar-refractivity contribution >= 4 is 5.82 Å². The second-order valence-corrected chi connectivity index (χ2v) is 4.61. The maximum absolute atomic E-state index is 5.99. The lowest BCUT2D eigenvalue weighted by Crippen LogP contribution is -2.03. The van der Waals surface area contributed by atoms with E-state index in [2.05, 4.69) is 32.7 Å². The van der Waals surface area contributed by atoms with Gasteiger partial charge in [0.05, 0.1) is 5.69 Å². The number of nitrogens with two attached hydrogens (primary N) is 1. The second-order valence-electron chi connectivity index (χ2n) is 4.61. The summed E-state index contributed by atoms with van der Waals surface area (Å²) in [5.74, 6) is 2.94. The molecule has 1 aromatic heterocycles. The Bertz CT molecular complexity index is 311. The monoisotopic (exact) mass is 195 g/mol. The van der Waals surface area contributed by atoms with Crippen molar-refractivity contribution in [2.75, 3.05) is 5.73 Å². The highest BCUT2D eigenvalue weighted by Gasteiger charge is 2.14. The van der Waals surface area contributed by atoms with Crippen LogP contribution in [0.3, 0.4) is 0 Å². The largest absolute Gasteiger partial charge is 0.384 e. The number of nitrogen functional groups attached to an aromatic ring is 1. The average Bonchev–Trinajstić information content (AvgIpc) is 2.32. The van der Waals surface area contributed by atoms with Crippen LogP contribution in [0.15, 0.2) is 0 Å². The predicted molar refractivity (Wildman–Crippen MR) is 60.3 cm³/mol. The van der Waals surface area contributed by atoms with Crippen molar-refractivity contribution in [3.63, 3.8) is 0 Å². The van der Waals surface area contributed by atoms with E-state index in [1.54, 1.807) is 0 Å². The zero-order chi connectivity index (χ0) is 10.9. The van der Waals surface area contributed by atoms with E-state index in [0.717, 1.165) is 23.8 Å². The zero-order valence-electron chi connectivity index (χ0n) is 9.83. The number of anilines is 1. The third kappa shape index (κ3) is 2.08. The van der Waals surface area contributed by atoms with Gasteiger partial charge in [0, 0.05) is 13.0 Å². The topological polar surface area (TPSA) is 43.8 Å². The summed E-state index contributed by atoms with van der Waals surface area (Å²) in [5.41, 5.74) is 7.04. The molecule has 0 aliphatic carbocycles. The molecule has 3 heteroatoms. The van der Waals surface area contributed by atoms with E-state index in [1.165, 1.54) is 0 Å². The number of nitrogens with zero attached hydrogens (tertiary/aromatic N) is 2. The fourth-order valence-electron chi connectivity index (χ4n) is 1.64. The van der Waals surface area contributed by atoms with Crippen LogP contribution in [-0.4, -0.2) is 9.55 Å². The Morgan fingerprint density at radius 1 is 1.29 bits per heavy atom. The van der Waals surface area contributed by atoms with E-state index in [0.29, 0.717) is 11.8 Å². The van der Waals surface area contributed by atoms with Crippen LogP contribution in [0.4, 0.5) is 5.82 Å². The van der Waals surface area contributed by atoms with Crippen LogP contribution < -0.4 is 5.73 Å². The maximum Gasteiger partial charge on any atom is 0.126 e. The van der Waals surface area contributed by atoms with Crippen LogP contribution in [0.2, 0.25) is 0 Å². The highest BCUT2D eigenvalue weighted by molar-refractivity contribution is 5.38. The van der Waals surface area contributed by atoms with Crippen molar-refractivity contribution < 1.29 is 0 Å². The van der Waals surface area contributed by atoms with E-state index >= 15 is 0 Å². The van der Waals surface area contributed by atoms with E-state index in [9.17, 15) is 0 Å². The number of imidazole rings is 1. The lowest BCUT2D eigenvalue weighted by atomic mass is 10.1. The molecule has 1 aromatic rings. The van der Waals surface area contributed by atoms with Gasteiger partial charge in [-0.25, -0.2) is 4.98 Å². The van der Waals surface area contributed by atoms with Gasteiger partial charge in [-0.15, -0.1) is 0 Å². The Balaban J connectivity index is 3.02. The quantitative estimate of drug-likeness (QED) is 0.804. The van der Waals surface area contributed by atoms with Gasteiger partial charge in [0.1, 0.15) is 11.6 Å². The lowest BCUT2D eigenvalue weighted by Gasteiger charge is -2.04. The molecule has 0 spiro atoms. The molecule has 0 unspecified atom stereocenters. The molecule has 2 N–H and O–H groups in total. The minimum atomic E-state index is 0.434. The number of rotatable bonds is 3. The Labute approximate surface area is 86.3 Å². The molecule has 0 fully saturated rings. The standard InChI is InChI=1S/C11H21N3/c1-7(2)6-9-10(12)14(5)11(13-9)8(3)4/h7-8H,6,12H2,1-5H3. The molecule has 0 bridgehead atoms. The Kier molecular flexibility index (Phi) is 3.19. The van der Waals surface area contributed by atoms with Crippen molar-refractivity contribution in [3.05, 3.63) is 11.5 Å². The van der Waals surface area contributed by atoms with Gasteiger partial charge in [0.2, 0.25) is 0 Å². The fraction of sp³-hybridized carbons (Fsp3) is 0.727. The van der Waals surface area contributed by atoms with E-state index in [-0.39, 0.29) is 0 Å². The molecule has 1 rings (SSSR count). The van der Waals surface area contributed by atoms with Gasteiger partial charge < -0.3 is 10.3 Å². The number of hydrogen-bond donors (Lipinski definition) is 1. The Hall–Kier alpha value is -0.990. The van der Waals surface area contributed by atoms with Gasteiger partial charge >= 0.3 is 0 Å². The minimum absolute atomic E-state index is 0.434. The van der Waals surface area contributed by atoms with Gasteiger partial charge in [-0.05, 0) is 12.3 Å². The first-order valence-corrected chi connectivity index (χ1v) is 5.24. The molecule has 0 radical (unpaired) electrons. The molecular weight excluding hydrogens is 174 g/mol. The van der Waals surface area contributed by atoms with Crippen molar-refractivity contribution in [1.82, 2.24) is 9.55 Å². The summed E-state index contributed by atoms with van der Waals surface area (Å²) in [7, 11) is 1.99. The molecule has 1 heterocycles. The van der Waals surface area contributed by atoms with Crippen LogP contribution >= 0.6 is 0 Å². The molecule has 14 heavy (non-hydrogen) atoms. The summed E-state index contributed by atoms with van der Waals surface area (Å²) >= 11 is 0. The van der Waals surface area contributed by atoms with Gasteiger partial charge in [0.15, 0.2) is 0 Å². The van der Waals surface area contributed by atoms with Gasteiger partial charge in [-0.2, -0.15) is 0 Å². The van der Waals surface area contributed by atoms with E-state index in [1.807, 2.05) is 11.6 Å². The first-order valence-electron chi connectivity index (χ1n) is 5.24. The molecule has 0 aromatic carbocycles. The van der Waals surface area contributed by atoms with Crippen LogP contribution in [0, 0.1) is 5.92 Å². The number of aromatic nitrogens is 2. The Morgan fingerprint density at radius 2 is 1.86 bits per heavy atom. The summed E-state index contributed by atoms with van der Waals surface area (Å²) in [5, 5.41) is 0. The zero-order valence-corrected chi connectivity index (χ0v) is 9.83. The van der Waals surface area contributed by atoms with Crippen LogP contribution in [0.25, 0.3) is 0 Å². The van der Waals surface area contributed by atoms with E-state index < -0.39 is 0 Å². The SMILES string of the molecule is CC(C)Cc1nc(C(C)C)n(C)c1N. The van der Waals surface area contributed by atoms with Crippen LogP contribution in [0.1, 0.15) is 45.1 Å². The molecule has 0 saturated carbocycles. The van der Waals surface area contributed by atoms with Crippen molar-refractivity contribution in [3.8, 4) is 0 Å². The van der Waals surface area contributed by atoms with Crippen LogP contribution in [-0.2, 0) is 13.5 Å². The van der Waals surface area contributed by atoms with Crippen molar-refractivity contribution in [1.29, 1.82) is 0 Å². The van der Waals surface area contributed by atoms with Gasteiger partial charge in [-0.1, -0.05) is 27.7 Å². The summed E-state index contributed by atoms with van der Waals surface area (Å²) in [6.07, 6.45) is 0.965. The lowest BCUT2D eigenvalue weighted by molar-refractivity contribution is 0.635. The van der Waals surface area contributed by atoms with Crippen LogP contribution in [0.5, 0.6) is 0 Å².